The molecule has 0 radical (unpaired) electrons. The van der Waals surface area contributed by atoms with Crippen molar-refractivity contribution in [2.45, 2.75) is 38.5 Å². The summed E-state index contributed by atoms with van der Waals surface area (Å²) in [6.07, 6.45) is 0.841. The Morgan fingerprint density at radius 1 is 1.35 bits per heavy atom. The van der Waals surface area contributed by atoms with Crippen LogP contribution in [0.15, 0.2) is 24.3 Å². The van der Waals surface area contributed by atoms with E-state index in [9.17, 15) is 0 Å². The molecule has 1 N–H and O–H groups in total. The van der Waals surface area contributed by atoms with Gasteiger partial charge in [0, 0.05) is 13.0 Å². The van der Waals surface area contributed by atoms with E-state index in [1.54, 1.807) is 7.11 Å². The minimum atomic E-state index is -0.282. The summed E-state index contributed by atoms with van der Waals surface area (Å²) in [6.45, 7) is 7.20. The summed E-state index contributed by atoms with van der Waals surface area (Å²) in [5, 5.41) is 3.45. The highest BCUT2D eigenvalue weighted by Gasteiger charge is 2.40. The van der Waals surface area contributed by atoms with Crippen molar-refractivity contribution in [1.29, 1.82) is 0 Å². The van der Waals surface area contributed by atoms with Gasteiger partial charge in [-0.2, -0.15) is 0 Å². The smallest absolute Gasteiger partial charge is 0.121 e. The van der Waals surface area contributed by atoms with Crippen molar-refractivity contribution >= 4 is 0 Å². The minimum absolute atomic E-state index is 0.0897. The van der Waals surface area contributed by atoms with Gasteiger partial charge in [0.15, 0.2) is 0 Å². The van der Waals surface area contributed by atoms with Crippen LogP contribution in [0.2, 0.25) is 0 Å². The molecule has 1 atom stereocenters. The van der Waals surface area contributed by atoms with E-state index in [0.717, 1.165) is 18.7 Å². The second-order valence-electron chi connectivity index (χ2n) is 5.47. The van der Waals surface area contributed by atoms with Crippen LogP contribution in [-0.4, -0.2) is 25.0 Å². The van der Waals surface area contributed by atoms with Crippen molar-refractivity contribution in [1.82, 2.24) is 5.32 Å². The molecule has 2 rings (SSSR count). The quantitative estimate of drug-likeness (QED) is 0.872. The predicted octanol–water partition coefficient (Wildman–Crippen LogP) is 2.35. The molecule has 1 unspecified atom stereocenters. The summed E-state index contributed by atoms with van der Waals surface area (Å²) in [5.74, 6) is 0.892. The van der Waals surface area contributed by atoms with Crippen molar-refractivity contribution < 1.29 is 9.47 Å². The molecular formula is C14H21NO2. The number of rotatable bonds is 3. The van der Waals surface area contributed by atoms with E-state index in [1.165, 1.54) is 5.56 Å². The Balaban J connectivity index is 2.10. The number of hydrogen-bond acceptors (Lipinski definition) is 3. The molecule has 1 aromatic rings. The first kappa shape index (κ1) is 12.4. The normalized spacial score (nSPS) is 27.1. The molecule has 0 spiro atoms. The van der Waals surface area contributed by atoms with E-state index in [2.05, 4.69) is 38.2 Å². The first-order chi connectivity index (χ1) is 7.92. The molecule has 0 saturated carbocycles. The zero-order valence-corrected chi connectivity index (χ0v) is 11.0. The van der Waals surface area contributed by atoms with Gasteiger partial charge in [-0.05, 0) is 38.5 Å². The third-order valence-corrected chi connectivity index (χ3v) is 3.07. The van der Waals surface area contributed by atoms with Gasteiger partial charge in [0.05, 0.1) is 12.7 Å². The number of hydrogen-bond donors (Lipinski definition) is 1. The molecule has 0 bridgehead atoms. The van der Waals surface area contributed by atoms with Gasteiger partial charge in [-0.3, -0.25) is 5.32 Å². The Kier molecular flexibility index (Phi) is 3.15. The number of nitrogens with one attached hydrogen (secondary N) is 1. The summed E-state index contributed by atoms with van der Waals surface area (Å²) in [5.41, 5.74) is 0.848. The molecule has 1 aliphatic rings. The molecule has 1 heterocycles. The van der Waals surface area contributed by atoms with Crippen LogP contribution in [0, 0.1) is 0 Å². The van der Waals surface area contributed by atoms with Gasteiger partial charge in [-0.25, -0.2) is 0 Å². The molecular weight excluding hydrogens is 214 g/mol. The van der Waals surface area contributed by atoms with E-state index >= 15 is 0 Å². The molecule has 1 saturated heterocycles. The highest BCUT2D eigenvalue weighted by atomic mass is 16.5. The maximum absolute atomic E-state index is 6.06. The summed E-state index contributed by atoms with van der Waals surface area (Å²) >= 11 is 0. The van der Waals surface area contributed by atoms with Crippen molar-refractivity contribution in [3.05, 3.63) is 29.8 Å². The van der Waals surface area contributed by atoms with Gasteiger partial charge >= 0.3 is 0 Å². The van der Waals surface area contributed by atoms with Crippen LogP contribution >= 0.6 is 0 Å². The van der Waals surface area contributed by atoms with Crippen molar-refractivity contribution in [3.63, 3.8) is 0 Å². The standard InChI is InChI=1S/C14H21NO2/c1-13(2)10-15-14(3,17-13)9-11-6-5-7-12(8-11)16-4/h5-8,15H,9-10H2,1-4H3. The van der Waals surface area contributed by atoms with Gasteiger partial charge < -0.3 is 9.47 Å². The average Bonchev–Trinajstić information content (AvgIpc) is 2.53. The molecule has 17 heavy (non-hydrogen) atoms. The molecule has 1 aliphatic heterocycles. The van der Waals surface area contributed by atoms with E-state index in [0.29, 0.717) is 0 Å². The molecule has 1 fully saturated rings. The van der Waals surface area contributed by atoms with Crippen molar-refractivity contribution in [2.24, 2.45) is 0 Å². The predicted molar refractivity (Wildman–Crippen MR) is 68.3 cm³/mol. The van der Waals surface area contributed by atoms with Crippen molar-refractivity contribution in [2.75, 3.05) is 13.7 Å². The lowest BCUT2D eigenvalue weighted by Gasteiger charge is -2.27. The SMILES string of the molecule is COc1cccc(CC2(C)NCC(C)(C)O2)c1. The molecule has 94 valence electrons. The van der Waals surface area contributed by atoms with Crippen LogP contribution < -0.4 is 10.1 Å². The second-order valence-corrected chi connectivity index (χ2v) is 5.47. The Labute approximate surface area is 103 Å². The number of benzene rings is 1. The lowest BCUT2D eigenvalue weighted by atomic mass is 10.0. The van der Waals surface area contributed by atoms with Crippen LogP contribution in [-0.2, 0) is 11.2 Å². The zero-order chi connectivity index (χ0) is 12.5. The number of methoxy groups -OCH3 is 1. The third kappa shape index (κ3) is 2.99. The summed E-state index contributed by atoms with van der Waals surface area (Å²) in [4.78, 5) is 0. The van der Waals surface area contributed by atoms with Crippen LogP contribution in [0.25, 0.3) is 0 Å². The lowest BCUT2D eigenvalue weighted by molar-refractivity contribution is -0.0785. The van der Waals surface area contributed by atoms with Gasteiger partial charge in [0.1, 0.15) is 11.5 Å². The van der Waals surface area contributed by atoms with Crippen LogP contribution in [0.4, 0.5) is 0 Å². The fraction of sp³-hybridized carbons (Fsp3) is 0.571. The van der Waals surface area contributed by atoms with Crippen molar-refractivity contribution in [3.8, 4) is 5.75 Å². The maximum atomic E-state index is 6.06. The molecule has 3 heteroatoms. The molecule has 0 aromatic heterocycles. The fourth-order valence-corrected chi connectivity index (χ4v) is 2.35. The van der Waals surface area contributed by atoms with Crippen LogP contribution in [0.3, 0.4) is 0 Å². The zero-order valence-electron chi connectivity index (χ0n) is 11.0. The van der Waals surface area contributed by atoms with E-state index in [4.69, 9.17) is 9.47 Å². The molecule has 0 aliphatic carbocycles. The maximum Gasteiger partial charge on any atom is 0.121 e. The van der Waals surface area contributed by atoms with Crippen LogP contribution in [0.5, 0.6) is 5.75 Å². The largest absolute Gasteiger partial charge is 0.497 e. The molecule has 0 amide bonds. The van der Waals surface area contributed by atoms with Crippen LogP contribution in [0.1, 0.15) is 26.3 Å². The Morgan fingerprint density at radius 2 is 2.12 bits per heavy atom. The molecule has 1 aromatic carbocycles. The van der Waals surface area contributed by atoms with Gasteiger partial charge in [-0.15, -0.1) is 0 Å². The van der Waals surface area contributed by atoms with Gasteiger partial charge in [-0.1, -0.05) is 12.1 Å². The first-order valence-corrected chi connectivity index (χ1v) is 6.01. The van der Waals surface area contributed by atoms with E-state index in [-0.39, 0.29) is 11.3 Å². The van der Waals surface area contributed by atoms with Gasteiger partial charge in [0.2, 0.25) is 0 Å². The third-order valence-electron chi connectivity index (χ3n) is 3.07. The minimum Gasteiger partial charge on any atom is -0.497 e. The Morgan fingerprint density at radius 3 is 2.71 bits per heavy atom. The van der Waals surface area contributed by atoms with E-state index < -0.39 is 0 Å². The van der Waals surface area contributed by atoms with E-state index in [1.807, 2.05) is 12.1 Å². The Hall–Kier alpha value is -1.06. The Bertz CT molecular complexity index is 403. The topological polar surface area (TPSA) is 30.5 Å². The summed E-state index contributed by atoms with van der Waals surface area (Å²) in [7, 11) is 1.69. The molecule has 3 nitrogen and oxygen atoms in total. The highest BCUT2D eigenvalue weighted by Crippen LogP contribution is 2.28. The monoisotopic (exact) mass is 235 g/mol. The summed E-state index contributed by atoms with van der Waals surface area (Å²) in [6, 6.07) is 8.13. The van der Waals surface area contributed by atoms with Gasteiger partial charge in [0.25, 0.3) is 0 Å². The fourth-order valence-electron chi connectivity index (χ4n) is 2.35. The first-order valence-electron chi connectivity index (χ1n) is 6.01. The number of ether oxygens (including phenoxy) is 2. The second kappa shape index (κ2) is 4.31. The summed E-state index contributed by atoms with van der Waals surface area (Å²) < 4.78 is 11.3. The average molecular weight is 235 g/mol. The highest BCUT2D eigenvalue weighted by molar-refractivity contribution is 5.29. The lowest BCUT2D eigenvalue weighted by Crippen LogP contribution is -2.40.